The molecule has 6 heteroatoms. The Labute approximate surface area is 172 Å². The van der Waals surface area contributed by atoms with E-state index in [1.54, 1.807) is 18.4 Å². The van der Waals surface area contributed by atoms with Crippen molar-refractivity contribution >= 4 is 23.7 Å². The van der Waals surface area contributed by atoms with Gasteiger partial charge in [0.25, 0.3) is 0 Å². The van der Waals surface area contributed by atoms with Crippen molar-refractivity contribution < 1.29 is 9.47 Å². The molecule has 1 N–H and O–H groups in total. The topological polar surface area (TPSA) is 33.7 Å². The molecule has 0 atom stereocenters. The molecule has 27 heavy (non-hydrogen) atoms. The van der Waals surface area contributed by atoms with E-state index in [0.717, 1.165) is 18.0 Å². The normalized spacial score (nSPS) is 19.0. The second-order valence-electron chi connectivity index (χ2n) is 7.56. The van der Waals surface area contributed by atoms with Crippen LogP contribution in [-0.4, -0.2) is 38.2 Å². The first-order chi connectivity index (χ1) is 12.8. The molecule has 0 bridgehead atoms. The van der Waals surface area contributed by atoms with E-state index in [0.29, 0.717) is 12.0 Å². The fraction of sp³-hybridized carbons (Fsp3) is 0.524. The van der Waals surface area contributed by atoms with Crippen LogP contribution in [0.1, 0.15) is 29.7 Å². The number of nitrogens with zero attached hydrogens (tertiary/aromatic N) is 1. The average molecular weight is 409 g/mol. The van der Waals surface area contributed by atoms with Crippen molar-refractivity contribution in [2.45, 2.75) is 32.4 Å². The first kappa shape index (κ1) is 20.5. The Kier molecular flexibility index (Phi) is 7.04. The number of likely N-dealkylation sites (tertiary alicyclic amines) is 1. The molecular weight excluding hydrogens is 380 g/mol. The van der Waals surface area contributed by atoms with E-state index in [1.807, 2.05) is 0 Å². The van der Waals surface area contributed by atoms with Gasteiger partial charge in [-0.2, -0.15) is 0 Å². The van der Waals surface area contributed by atoms with E-state index in [9.17, 15) is 0 Å². The van der Waals surface area contributed by atoms with Gasteiger partial charge in [-0.3, -0.25) is 4.90 Å². The summed E-state index contributed by atoms with van der Waals surface area (Å²) in [6, 6.07) is 10.5. The number of thiophene rings is 1. The second-order valence-corrected chi connectivity index (χ2v) is 8.60. The van der Waals surface area contributed by atoms with E-state index in [4.69, 9.17) is 9.47 Å². The Hall–Kier alpha value is -1.27. The van der Waals surface area contributed by atoms with Gasteiger partial charge >= 0.3 is 0 Å². The summed E-state index contributed by atoms with van der Waals surface area (Å²) < 4.78 is 11.5. The number of hydrogen-bond acceptors (Lipinski definition) is 5. The van der Waals surface area contributed by atoms with Gasteiger partial charge in [0, 0.05) is 18.0 Å². The molecule has 0 unspecified atom stereocenters. The lowest BCUT2D eigenvalue weighted by molar-refractivity contribution is 0.194. The molecule has 2 fully saturated rings. The highest BCUT2D eigenvalue weighted by Crippen LogP contribution is 2.39. The van der Waals surface area contributed by atoms with E-state index in [1.165, 1.54) is 55.9 Å². The molecular formula is C21H29ClN2O2S. The molecule has 1 aromatic carbocycles. The molecule has 0 saturated carbocycles. The largest absolute Gasteiger partial charge is 0.493 e. The first-order valence-corrected chi connectivity index (χ1v) is 10.4. The van der Waals surface area contributed by atoms with Crippen LogP contribution in [0.25, 0.3) is 0 Å². The molecule has 2 aliphatic heterocycles. The summed E-state index contributed by atoms with van der Waals surface area (Å²) in [5.74, 6) is 1.65. The van der Waals surface area contributed by atoms with Gasteiger partial charge in [-0.25, -0.2) is 0 Å². The van der Waals surface area contributed by atoms with E-state index in [2.05, 4.69) is 45.9 Å². The Morgan fingerprint density at radius 2 is 2.00 bits per heavy atom. The third-order valence-corrected chi connectivity index (χ3v) is 6.62. The summed E-state index contributed by atoms with van der Waals surface area (Å²) in [6.07, 6.45) is 3.98. The minimum absolute atomic E-state index is 0. The summed E-state index contributed by atoms with van der Waals surface area (Å²) >= 11 is 1.71. The van der Waals surface area contributed by atoms with Crippen LogP contribution in [0.15, 0.2) is 35.7 Å². The highest BCUT2D eigenvalue weighted by Gasteiger charge is 2.38. The first-order valence-electron chi connectivity index (χ1n) is 9.52. The molecule has 0 aliphatic carbocycles. The van der Waals surface area contributed by atoms with E-state index < -0.39 is 0 Å². The Morgan fingerprint density at radius 1 is 1.15 bits per heavy atom. The minimum atomic E-state index is 0. The van der Waals surface area contributed by atoms with E-state index in [-0.39, 0.29) is 12.4 Å². The summed E-state index contributed by atoms with van der Waals surface area (Å²) in [6.45, 7) is 6.38. The molecule has 3 heterocycles. The third-order valence-electron chi connectivity index (χ3n) is 5.77. The van der Waals surface area contributed by atoms with Gasteiger partial charge in [0.15, 0.2) is 11.5 Å². The number of rotatable bonds is 6. The summed E-state index contributed by atoms with van der Waals surface area (Å²) in [5, 5.41) is 5.57. The number of halogens is 1. The van der Waals surface area contributed by atoms with Gasteiger partial charge in [-0.15, -0.1) is 23.7 Å². The maximum Gasteiger partial charge on any atom is 0.161 e. The van der Waals surface area contributed by atoms with Crippen LogP contribution in [0.5, 0.6) is 11.5 Å². The number of nitrogens with one attached hydrogen (secondary N) is 1. The second kappa shape index (κ2) is 9.28. The Balaban J connectivity index is 0.00000210. The quantitative estimate of drug-likeness (QED) is 0.771. The molecule has 1 spiro atoms. The van der Waals surface area contributed by atoms with Crippen molar-refractivity contribution in [2.75, 3.05) is 33.3 Å². The zero-order valence-electron chi connectivity index (χ0n) is 15.9. The van der Waals surface area contributed by atoms with Crippen LogP contribution in [0.2, 0.25) is 0 Å². The van der Waals surface area contributed by atoms with Crippen LogP contribution in [-0.2, 0) is 13.2 Å². The molecule has 148 valence electrons. The SMILES string of the molecule is COc1cc(CN2CCC3(CCNCC3)C2)ccc1OCc1cccs1.Cl. The lowest BCUT2D eigenvalue weighted by Crippen LogP contribution is -2.38. The standard InChI is InChI=1S/C21H28N2O2S.ClH/c1-24-20-13-17(4-5-19(20)25-15-18-3-2-12-26-18)14-23-11-8-21(16-23)6-9-22-10-7-21;/h2-5,12-13,22H,6-11,14-16H2,1H3;1H. The lowest BCUT2D eigenvalue weighted by Gasteiger charge is -2.34. The van der Waals surface area contributed by atoms with Gasteiger partial charge in [0.05, 0.1) is 7.11 Å². The van der Waals surface area contributed by atoms with Crippen molar-refractivity contribution in [1.29, 1.82) is 0 Å². The average Bonchev–Trinajstić information content (AvgIpc) is 3.32. The van der Waals surface area contributed by atoms with Gasteiger partial charge in [-0.05, 0) is 73.5 Å². The fourth-order valence-electron chi connectivity index (χ4n) is 4.26. The summed E-state index contributed by atoms with van der Waals surface area (Å²) in [7, 11) is 1.72. The fourth-order valence-corrected chi connectivity index (χ4v) is 4.88. The van der Waals surface area contributed by atoms with Gasteiger partial charge in [0.1, 0.15) is 6.61 Å². The van der Waals surface area contributed by atoms with Crippen LogP contribution in [0.4, 0.5) is 0 Å². The van der Waals surface area contributed by atoms with Gasteiger partial charge in [-0.1, -0.05) is 12.1 Å². The molecule has 2 aliphatic rings. The number of methoxy groups -OCH3 is 1. The maximum atomic E-state index is 5.95. The monoisotopic (exact) mass is 408 g/mol. The van der Waals surface area contributed by atoms with Crippen LogP contribution < -0.4 is 14.8 Å². The molecule has 4 nitrogen and oxygen atoms in total. The van der Waals surface area contributed by atoms with Crippen molar-refractivity contribution in [2.24, 2.45) is 5.41 Å². The van der Waals surface area contributed by atoms with Gasteiger partial charge in [0.2, 0.25) is 0 Å². The molecule has 0 amide bonds. The molecule has 1 aromatic heterocycles. The van der Waals surface area contributed by atoms with E-state index >= 15 is 0 Å². The van der Waals surface area contributed by atoms with Crippen molar-refractivity contribution in [3.05, 3.63) is 46.2 Å². The number of benzene rings is 1. The lowest BCUT2D eigenvalue weighted by atomic mass is 9.78. The molecule has 2 saturated heterocycles. The summed E-state index contributed by atoms with van der Waals surface area (Å²) in [4.78, 5) is 3.83. The predicted molar refractivity (Wildman–Crippen MR) is 113 cm³/mol. The zero-order valence-corrected chi connectivity index (χ0v) is 17.5. The third kappa shape index (κ3) is 4.96. The smallest absolute Gasteiger partial charge is 0.161 e. The zero-order chi connectivity index (χ0) is 17.8. The van der Waals surface area contributed by atoms with Crippen molar-refractivity contribution in [3.63, 3.8) is 0 Å². The van der Waals surface area contributed by atoms with Gasteiger partial charge < -0.3 is 14.8 Å². The minimum Gasteiger partial charge on any atom is -0.493 e. The highest BCUT2D eigenvalue weighted by molar-refractivity contribution is 7.09. The Bertz CT molecular complexity index is 717. The highest BCUT2D eigenvalue weighted by atomic mass is 35.5. The summed E-state index contributed by atoms with van der Waals surface area (Å²) in [5.41, 5.74) is 1.86. The van der Waals surface area contributed by atoms with Crippen LogP contribution in [0, 0.1) is 5.41 Å². The molecule has 2 aromatic rings. The molecule has 4 rings (SSSR count). The maximum absolute atomic E-state index is 5.95. The number of piperidine rings is 1. The molecule has 0 radical (unpaired) electrons. The Morgan fingerprint density at radius 3 is 2.74 bits per heavy atom. The number of ether oxygens (including phenoxy) is 2. The van der Waals surface area contributed by atoms with Crippen molar-refractivity contribution in [1.82, 2.24) is 10.2 Å². The number of hydrogen-bond donors (Lipinski definition) is 1. The van der Waals surface area contributed by atoms with Crippen LogP contribution in [0.3, 0.4) is 0 Å². The van der Waals surface area contributed by atoms with Crippen LogP contribution >= 0.6 is 23.7 Å². The predicted octanol–water partition coefficient (Wildman–Crippen LogP) is 4.33. The van der Waals surface area contributed by atoms with Crippen molar-refractivity contribution in [3.8, 4) is 11.5 Å².